The molecule has 0 radical (unpaired) electrons. The van der Waals surface area contributed by atoms with Crippen molar-refractivity contribution in [2.24, 2.45) is 7.05 Å². The van der Waals surface area contributed by atoms with Crippen molar-refractivity contribution in [3.8, 4) is 11.3 Å². The standard InChI is InChI=1S/C11H10N2O/c1-13-6-11(12-8-13)10-5-3-2-4-9(10)7-14/h2-8H,1H3. The van der Waals surface area contributed by atoms with Gasteiger partial charge < -0.3 is 4.57 Å². The number of carbonyl (C=O) groups excluding carboxylic acids is 1. The van der Waals surface area contributed by atoms with E-state index in [4.69, 9.17) is 0 Å². The number of aromatic nitrogens is 2. The minimum atomic E-state index is 0.672. The van der Waals surface area contributed by atoms with E-state index in [1.807, 2.05) is 36.0 Å². The van der Waals surface area contributed by atoms with Gasteiger partial charge in [0.2, 0.25) is 0 Å². The van der Waals surface area contributed by atoms with Crippen LogP contribution in [0.5, 0.6) is 0 Å². The first-order chi connectivity index (χ1) is 6.81. The summed E-state index contributed by atoms with van der Waals surface area (Å²) in [5.41, 5.74) is 2.38. The molecule has 0 aliphatic heterocycles. The molecular weight excluding hydrogens is 176 g/mol. The highest BCUT2D eigenvalue weighted by Gasteiger charge is 2.05. The van der Waals surface area contributed by atoms with Crippen molar-refractivity contribution < 1.29 is 4.79 Å². The van der Waals surface area contributed by atoms with Crippen molar-refractivity contribution in [1.82, 2.24) is 9.55 Å². The largest absolute Gasteiger partial charge is 0.340 e. The van der Waals surface area contributed by atoms with Crippen molar-refractivity contribution in [2.45, 2.75) is 0 Å². The smallest absolute Gasteiger partial charge is 0.150 e. The van der Waals surface area contributed by atoms with Crippen LogP contribution in [0.1, 0.15) is 10.4 Å². The zero-order chi connectivity index (χ0) is 9.97. The maximum absolute atomic E-state index is 10.8. The molecule has 0 aliphatic rings. The Balaban J connectivity index is 2.55. The molecule has 1 heterocycles. The van der Waals surface area contributed by atoms with Crippen LogP contribution in [-0.2, 0) is 7.05 Å². The van der Waals surface area contributed by atoms with Gasteiger partial charge in [0.25, 0.3) is 0 Å². The van der Waals surface area contributed by atoms with Gasteiger partial charge in [0.1, 0.15) is 0 Å². The predicted molar refractivity (Wildman–Crippen MR) is 54.0 cm³/mol. The summed E-state index contributed by atoms with van der Waals surface area (Å²) in [5.74, 6) is 0. The third-order valence-electron chi connectivity index (χ3n) is 2.07. The lowest BCUT2D eigenvalue weighted by atomic mass is 10.1. The first kappa shape index (κ1) is 8.69. The van der Waals surface area contributed by atoms with Crippen LogP contribution in [0.3, 0.4) is 0 Å². The summed E-state index contributed by atoms with van der Waals surface area (Å²) in [6.45, 7) is 0. The van der Waals surface area contributed by atoms with E-state index in [1.165, 1.54) is 0 Å². The molecule has 0 unspecified atom stereocenters. The van der Waals surface area contributed by atoms with Crippen LogP contribution in [0.2, 0.25) is 0 Å². The average Bonchev–Trinajstić information content (AvgIpc) is 2.65. The first-order valence-corrected chi connectivity index (χ1v) is 4.34. The van der Waals surface area contributed by atoms with Crippen LogP contribution in [0.25, 0.3) is 11.3 Å². The van der Waals surface area contributed by atoms with Crippen molar-refractivity contribution in [1.29, 1.82) is 0 Å². The van der Waals surface area contributed by atoms with E-state index in [0.717, 1.165) is 17.5 Å². The Hall–Kier alpha value is -1.90. The molecule has 14 heavy (non-hydrogen) atoms. The summed E-state index contributed by atoms with van der Waals surface area (Å²) in [7, 11) is 1.90. The lowest BCUT2D eigenvalue weighted by Crippen LogP contribution is -1.86. The van der Waals surface area contributed by atoms with Gasteiger partial charge in [-0.15, -0.1) is 0 Å². The van der Waals surface area contributed by atoms with Crippen molar-refractivity contribution in [2.75, 3.05) is 0 Å². The summed E-state index contributed by atoms with van der Waals surface area (Å²) in [5, 5.41) is 0. The van der Waals surface area contributed by atoms with Crippen molar-refractivity contribution in [3.05, 3.63) is 42.4 Å². The Morgan fingerprint density at radius 1 is 1.36 bits per heavy atom. The summed E-state index contributed by atoms with van der Waals surface area (Å²) in [6.07, 6.45) is 4.46. The number of aldehydes is 1. The summed E-state index contributed by atoms with van der Waals surface area (Å²) in [6, 6.07) is 7.43. The third-order valence-corrected chi connectivity index (χ3v) is 2.07. The maximum atomic E-state index is 10.8. The lowest BCUT2D eigenvalue weighted by molar-refractivity contribution is 0.112. The molecule has 0 bridgehead atoms. The summed E-state index contributed by atoms with van der Waals surface area (Å²) >= 11 is 0. The second kappa shape index (κ2) is 3.46. The second-order valence-electron chi connectivity index (χ2n) is 3.13. The topological polar surface area (TPSA) is 34.9 Å². The van der Waals surface area contributed by atoms with E-state index in [9.17, 15) is 4.79 Å². The first-order valence-electron chi connectivity index (χ1n) is 4.34. The molecule has 0 atom stereocenters. The third kappa shape index (κ3) is 1.44. The van der Waals surface area contributed by atoms with Crippen molar-refractivity contribution in [3.63, 3.8) is 0 Å². The minimum absolute atomic E-state index is 0.672. The van der Waals surface area contributed by atoms with Crippen LogP contribution >= 0.6 is 0 Å². The summed E-state index contributed by atoms with van der Waals surface area (Å²) in [4.78, 5) is 15.0. The summed E-state index contributed by atoms with van der Waals surface area (Å²) < 4.78 is 1.86. The fraction of sp³-hybridized carbons (Fsp3) is 0.0909. The van der Waals surface area contributed by atoms with E-state index in [2.05, 4.69) is 4.98 Å². The van der Waals surface area contributed by atoms with Gasteiger partial charge in [-0.1, -0.05) is 24.3 Å². The SMILES string of the molecule is Cn1cnc(-c2ccccc2C=O)c1. The Labute approximate surface area is 82.0 Å². The van der Waals surface area contributed by atoms with Gasteiger partial charge in [0.15, 0.2) is 6.29 Å². The van der Waals surface area contributed by atoms with Gasteiger partial charge in [-0.05, 0) is 0 Å². The molecule has 2 aromatic rings. The molecule has 1 aromatic heterocycles. The molecule has 0 saturated carbocycles. The quantitative estimate of drug-likeness (QED) is 0.671. The van der Waals surface area contributed by atoms with Crippen LogP contribution < -0.4 is 0 Å². The van der Waals surface area contributed by atoms with Gasteiger partial charge in [0, 0.05) is 24.4 Å². The molecule has 3 nitrogen and oxygen atoms in total. The second-order valence-corrected chi connectivity index (χ2v) is 3.13. The van der Waals surface area contributed by atoms with Gasteiger partial charge in [-0.25, -0.2) is 4.98 Å². The van der Waals surface area contributed by atoms with Crippen LogP contribution in [-0.4, -0.2) is 15.8 Å². The zero-order valence-corrected chi connectivity index (χ0v) is 7.84. The molecule has 3 heteroatoms. The Kier molecular flexibility index (Phi) is 2.14. The fourth-order valence-corrected chi connectivity index (χ4v) is 1.38. The number of imidazole rings is 1. The highest BCUT2D eigenvalue weighted by molar-refractivity contribution is 5.86. The van der Waals surface area contributed by atoms with E-state index >= 15 is 0 Å². The lowest BCUT2D eigenvalue weighted by Gasteiger charge is -1.99. The van der Waals surface area contributed by atoms with Gasteiger partial charge in [0.05, 0.1) is 12.0 Å². The maximum Gasteiger partial charge on any atom is 0.150 e. The number of carbonyl (C=O) groups is 1. The average molecular weight is 186 g/mol. The molecule has 2 rings (SSSR count). The molecule has 0 spiro atoms. The van der Waals surface area contributed by atoms with E-state index in [0.29, 0.717) is 5.56 Å². The zero-order valence-electron chi connectivity index (χ0n) is 7.84. The molecular formula is C11H10N2O. The molecule has 1 aromatic carbocycles. The molecule has 0 aliphatic carbocycles. The number of nitrogens with zero attached hydrogens (tertiary/aromatic N) is 2. The van der Waals surface area contributed by atoms with Crippen LogP contribution in [0, 0.1) is 0 Å². The Morgan fingerprint density at radius 2 is 2.14 bits per heavy atom. The van der Waals surface area contributed by atoms with Gasteiger partial charge >= 0.3 is 0 Å². The molecule has 0 saturated heterocycles. The van der Waals surface area contributed by atoms with Gasteiger partial charge in [-0.2, -0.15) is 0 Å². The van der Waals surface area contributed by atoms with Crippen LogP contribution in [0.4, 0.5) is 0 Å². The monoisotopic (exact) mass is 186 g/mol. The molecule has 0 amide bonds. The molecule has 70 valence electrons. The number of hydrogen-bond acceptors (Lipinski definition) is 2. The Bertz CT molecular complexity index is 460. The van der Waals surface area contributed by atoms with E-state index in [-0.39, 0.29) is 0 Å². The number of hydrogen-bond donors (Lipinski definition) is 0. The highest BCUT2D eigenvalue weighted by atomic mass is 16.1. The fourth-order valence-electron chi connectivity index (χ4n) is 1.38. The Morgan fingerprint density at radius 3 is 2.79 bits per heavy atom. The van der Waals surface area contributed by atoms with E-state index < -0.39 is 0 Å². The van der Waals surface area contributed by atoms with Gasteiger partial charge in [-0.3, -0.25) is 4.79 Å². The van der Waals surface area contributed by atoms with Crippen LogP contribution in [0.15, 0.2) is 36.8 Å². The molecule has 0 N–H and O–H groups in total. The number of rotatable bonds is 2. The number of benzene rings is 1. The highest BCUT2D eigenvalue weighted by Crippen LogP contribution is 2.19. The minimum Gasteiger partial charge on any atom is -0.340 e. The van der Waals surface area contributed by atoms with E-state index in [1.54, 1.807) is 12.4 Å². The normalized spacial score (nSPS) is 10.1. The predicted octanol–water partition coefficient (Wildman–Crippen LogP) is 1.90. The molecule has 0 fully saturated rings. The van der Waals surface area contributed by atoms with Crippen molar-refractivity contribution >= 4 is 6.29 Å². The number of aryl methyl sites for hydroxylation is 1.